The van der Waals surface area contributed by atoms with Gasteiger partial charge >= 0.3 is 16.4 Å². The number of hydrogen-bond acceptors (Lipinski definition) is 7. The fraction of sp³-hybridized carbons (Fsp3) is 0.750. The molecule has 15 nitrogen and oxygen atoms in total. The molecule has 0 rings (SSSR count). The molecule has 0 saturated carbocycles. The Morgan fingerprint density at radius 2 is 1.22 bits per heavy atom. The lowest BCUT2D eigenvalue weighted by Gasteiger charge is -2.26. The van der Waals surface area contributed by atoms with Crippen LogP contribution in [-0.4, -0.2) is 77.0 Å². The number of carbonyl (C=O) groups is 4. The molecular weight excluding hydrogens is 500 g/mol. The molecule has 36 heavy (non-hydrogen) atoms. The second-order valence-electron chi connectivity index (χ2n) is 8.87. The Balaban J connectivity index is 0. The highest BCUT2D eigenvalue weighted by molar-refractivity contribution is 7.79. The molecule has 210 valence electrons. The number of nitrogens with one attached hydrogen (secondary N) is 3. The summed E-state index contributed by atoms with van der Waals surface area (Å²) in [5, 5.41) is 17.2. The maximum Gasteiger partial charge on any atom is 0.394 e. The van der Waals surface area contributed by atoms with Crippen LogP contribution in [-0.2, 0) is 29.6 Å². The van der Waals surface area contributed by atoms with Gasteiger partial charge in [-0.15, -0.1) is 0 Å². The highest BCUT2D eigenvalue weighted by Gasteiger charge is 2.29. The van der Waals surface area contributed by atoms with E-state index in [-0.39, 0.29) is 36.7 Å². The number of nitrogens with two attached hydrogens (primary N) is 2. The monoisotopic (exact) mass is 540 g/mol. The average molecular weight is 541 g/mol. The molecule has 0 aliphatic rings. The Hall–Kier alpha value is -2.98. The second-order valence-corrected chi connectivity index (χ2v) is 9.77. The molecule has 0 aromatic heterocycles. The van der Waals surface area contributed by atoms with Crippen molar-refractivity contribution in [3.63, 3.8) is 0 Å². The summed E-state index contributed by atoms with van der Waals surface area (Å²) in [6.07, 6.45) is 1.20. The molecule has 0 aliphatic heterocycles. The number of hydrogen-bond donors (Lipinski definition) is 8. The van der Waals surface area contributed by atoms with E-state index in [4.69, 9.17) is 29.0 Å². The van der Waals surface area contributed by atoms with Crippen LogP contribution in [0.25, 0.3) is 0 Å². The van der Waals surface area contributed by atoms with Crippen molar-refractivity contribution in [1.82, 2.24) is 16.0 Å². The van der Waals surface area contributed by atoms with Gasteiger partial charge in [-0.2, -0.15) is 8.42 Å². The molecule has 0 heterocycles. The molecule has 0 spiro atoms. The zero-order valence-corrected chi connectivity index (χ0v) is 22.0. The van der Waals surface area contributed by atoms with Gasteiger partial charge in [-0.3, -0.25) is 28.5 Å². The molecule has 0 aliphatic carbocycles. The van der Waals surface area contributed by atoms with Crippen molar-refractivity contribution < 1.29 is 41.8 Å². The highest BCUT2D eigenvalue weighted by Crippen LogP contribution is 2.10. The average Bonchev–Trinajstić information content (AvgIpc) is 2.66. The van der Waals surface area contributed by atoms with Gasteiger partial charge in [0.05, 0.1) is 0 Å². The molecule has 0 saturated heterocycles. The number of rotatable bonds is 14. The summed E-state index contributed by atoms with van der Waals surface area (Å²) in [6.45, 7) is 9.16. The molecular formula is C20H40N6O9S. The van der Waals surface area contributed by atoms with Gasteiger partial charge in [-0.25, -0.2) is 4.79 Å². The summed E-state index contributed by atoms with van der Waals surface area (Å²) in [6, 6.07) is -2.86. The van der Waals surface area contributed by atoms with Crippen LogP contribution in [0.3, 0.4) is 0 Å². The van der Waals surface area contributed by atoms with Crippen molar-refractivity contribution in [3.05, 3.63) is 0 Å². The van der Waals surface area contributed by atoms with E-state index in [0.717, 1.165) is 0 Å². The van der Waals surface area contributed by atoms with Gasteiger partial charge in [0, 0.05) is 13.5 Å². The fourth-order valence-corrected chi connectivity index (χ4v) is 2.96. The minimum atomic E-state index is -4.67. The minimum Gasteiger partial charge on any atom is -0.480 e. The Bertz CT molecular complexity index is 850. The molecule has 0 radical (unpaired) electrons. The number of nitrogens with zero attached hydrogens (tertiary/aromatic N) is 1. The quantitative estimate of drug-likeness (QED) is 0.0575. The van der Waals surface area contributed by atoms with Gasteiger partial charge in [-0.1, -0.05) is 27.7 Å². The SMILES string of the molecule is CC(=O)N[C@@H](CC(C)C)C(=O)N[C@@H](CC(C)C)C(=O)N[C@@H](CCCN=C(N)N)C(=O)O.O=S(=O)(O)O. The largest absolute Gasteiger partial charge is 0.480 e. The minimum absolute atomic E-state index is 0.0607. The number of carboxylic acids is 1. The molecule has 3 atom stereocenters. The van der Waals surface area contributed by atoms with E-state index in [0.29, 0.717) is 19.3 Å². The fourth-order valence-electron chi connectivity index (χ4n) is 2.96. The first-order valence-corrected chi connectivity index (χ1v) is 12.6. The lowest BCUT2D eigenvalue weighted by Crippen LogP contribution is -2.56. The van der Waals surface area contributed by atoms with E-state index in [1.165, 1.54) is 6.92 Å². The maximum absolute atomic E-state index is 12.8. The summed E-state index contributed by atoms with van der Waals surface area (Å²) in [5.41, 5.74) is 10.5. The van der Waals surface area contributed by atoms with Crippen molar-refractivity contribution in [2.24, 2.45) is 28.3 Å². The summed E-state index contributed by atoms with van der Waals surface area (Å²) >= 11 is 0. The molecule has 10 N–H and O–H groups in total. The van der Waals surface area contributed by atoms with Crippen LogP contribution in [0.15, 0.2) is 4.99 Å². The third-order valence-corrected chi connectivity index (χ3v) is 4.30. The summed E-state index contributed by atoms with van der Waals surface area (Å²) in [7, 11) is -4.67. The first-order chi connectivity index (χ1) is 16.3. The summed E-state index contributed by atoms with van der Waals surface area (Å²) < 4.78 is 31.6. The first-order valence-electron chi connectivity index (χ1n) is 11.2. The molecule has 0 fully saturated rings. The lowest BCUT2D eigenvalue weighted by molar-refractivity contribution is -0.142. The van der Waals surface area contributed by atoms with Gasteiger partial charge < -0.3 is 32.5 Å². The number of amides is 3. The van der Waals surface area contributed by atoms with Crippen LogP contribution in [0.5, 0.6) is 0 Å². The first kappa shape index (κ1) is 35.2. The number of carbonyl (C=O) groups excluding carboxylic acids is 3. The van der Waals surface area contributed by atoms with Crippen LogP contribution in [0.4, 0.5) is 0 Å². The smallest absolute Gasteiger partial charge is 0.394 e. The number of carboxylic acid groups (broad SMARTS) is 1. The van der Waals surface area contributed by atoms with E-state index < -0.39 is 46.3 Å². The van der Waals surface area contributed by atoms with E-state index in [9.17, 15) is 24.3 Å². The van der Waals surface area contributed by atoms with E-state index in [2.05, 4.69) is 20.9 Å². The second kappa shape index (κ2) is 17.4. The molecule has 0 unspecified atom stereocenters. The molecule has 0 aromatic rings. The Kier molecular flexibility index (Phi) is 17.1. The van der Waals surface area contributed by atoms with Gasteiger partial charge in [0.25, 0.3) is 0 Å². The lowest BCUT2D eigenvalue weighted by atomic mass is 9.99. The molecule has 16 heteroatoms. The zero-order chi connectivity index (χ0) is 28.6. The van der Waals surface area contributed by atoms with E-state index in [1.807, 2.05) is 27.7 Å². The Labute approximate surface area is 211 Å². The third kappa shape index (κ3) is 21.5. The van der Waals surface area contributed by atoms with Crippen LogP contribution >= 0.6 is 0 Å². The van der Waals surface area contributed by atoms with Crippen molar-refractivity contribution in [3.8, 4) is 0 Å². The third-order valence-electron chi connectivity index (χ3n) is 4.30. The van der Waals surface area contributed by atoms with Crippen molar-refractivity contribution in [2.75, 3.05) is 6.54 Å². The summed E-state index contributed by atoms with van der Waals surface area (Å²) in [5.74, 6) is -2.51. The molecule has 0 bridgehead atoms. The van der Waals surface area contributed by atoms with Crippen LogP contribution in [0.1, 0.15) is 60.3 Å². The maximum atomic E-state index is 12.8. The standard InChI is InChI=1S/C20H38N6O5.H2O4S/c1-11(2)9-15(24-13(5)27)17(28)26-16(10-12(3)4)18(29)25-14(19(30)31)7-6-8-23-20(21)22;1-5(2,3)4/h11-12,14-16H,6-10H2,1-5H3,(H,24,27)(H,25,29)(H,26,28)(H,30,31)(H4,21,22,23);(H2,1,2,3,4)/t14-,15-,16-;/m0./s1. The van der Waals surface area contributed by atoms with Gasteiger partial charge in [0.15, 0.2) is 5.96 Å². The zero-order valence-electron chi connectivity index (χ0n) is 21.2. The van der Waals surface area contributed by atoms with Gasteiger partial charge in [-0.05, 0) is 37.5 Å². The highest BCUT2D eigenvalue weighted by atomic mass is 32.3. The molecule has 0 aromatic carbocycles. The Morgan fingerprint density at radius 1 is 0.833 bits per heavy atom. The van der Waals surface area contributed by atoms with E-state index >= 15 is 0 Å². The number of guanidine groups is 1. The normalized spacial score (nSPS) is 13.5. The molecule has 3 amide bonds. The predicted octanol–water partition coefficient (Wildman–Crippen LogP) is -0.962. The van der Waals surface area contributed by atoms with Crippen LogP contribution in [0, 0.1) is 11.8 Å². The van der Waals surface area contributed by atoms with Crippen molar-refractivity contribution in [1.29, 1.82) is 0 Å². The van der Waals surface area contributed by atoms with Crippen molar-refractivity contribution >= 4 is 40.0 Å². The van der Waals surface area contributed by atoms with E-state index in [1.54, 1.807) is 0 Å². The number of aliphatic carboxylic acids is 1. The van der Waals surface area contributed by atoms with Crippen LogP contribution in [0.2, 0.25) is 0 Å². The Morgan fingerprint density at radius 3 is 1.56 bits per heavy atom. The van der Waals surface area contributed by atoms with Crippen molar-refractivity contribution in [2.45, 2.75) is 78.4 Å². The number of aliphatic imine (C=N–C) groups is 1. The van der Waals surface area contributed by atoms with Gasteiger partial charge in [0.1, 0.15) is 18.1 Å². The predicted molar refractivity (Wildman–Crippen MR) is 132 cm³/mol. The van der Waals surface area contributed by atoms with Crippen LogP contribution < -0.4 is 27.4 Å². The summed E-state index contributed by atoms with van der Waals surface area (Å²) in [4.78, 5) is 52.3. The van der Waals surface area contributed by atoms with Gasteiger partial charge in [0.2, 0.25) is 17.7 Å². The topological polar surface area (TPSA) is 264 Å².